The number of ether oxygens (including phenoxy) is 2. The fourth-order valence-electron chi connectivity index (χ4n) is 2.18. The molecule has 0 spiro atoms. The summed E-state index contributed by atoms with van der Waals surface area (Å²) in [5.74, 6) is 0. The number of piperidine rings is 1. The minimum atomic E-state index is -0.0913. The molecule has 1 fully saturated rings. The molecule has 102 valence electrons. The van der Waals surface area contributed by atoms with E-state index in [1.807, 2.05) is 13.8 Å². The van der Waals surface area contributed by atoms with Crippen LogP contribution < -0.4 is 5.32 Å². The highest BCUT2D eigenvalue weighted by atomic mass is 16.7. The van der Waals surface area contributed by atoms with Crippen molar-refractivity contribution in [2.75, 3.05) is 45.9 Å². The lowest BCUT2D eigenvalue weighted by Gasteiger charge is -2.26. The van der Waals surface area contributed by atoms with Gasteiger partial charge in [-0.25, -0.2) is 0 Å². The number of nitrogens with one attached hydrogen (secondary N) is 1. The molecule has 0 aromatic rings. The summed E-state index contributed by atoms with van der Waals surface area (Å²) >= 11 is 0. The Morgan fingerprint density at radius 3 is 2.29 bits per heavy atom. The van der Waals surface area contributed by atoms with Gasteiger partial charge in [0.1, 0.15) is 0 Å². The third-order valence-electron chi connectivity index (χ3n) is 3.07. The van der Waals surface area contributed by atoms with Crippen molar-refractivity contribution in [2.24, 2.45) is 0 Å². The number of nitrogens with zero attached hydrogens (tertiary/aromatic N) is 1. The van der Waals surface area contributed by atoms with Crippen LogP contribution in [0.5, 0.6) is 0 Å². The molecule has 1 aliphatic heterocycles. The van der Waals surface area contributed by atoms with Gasteiger partial charge >= 0.3 is 0 Å². The molecule has 1 heterocycles. The monoisotopic (exact) mass is 244 g/mol. The van der Waals surface area contributed by atoms with Crippen LogP contribution in [0.1, 0.15) is 33.1 Å². The minimum absolute atomic E-state index is 0.0913. The molecular formula is C13H28N2O2. The first-order valence-electron chi connectivity index (χ1n) is 7.03. The fraction of sp³-hybridized carbons (Fsp3) is 1.00. The van der Waals surface area contributed by atoms with Crippen molar-refractivity contribution in [3.8, 4) is 0 Å². The summed E-state index contributed by atoms with van der Waals surface area (Å²) in [5, 5.41) is 3.41. The Bertz CT molecular complexity index is 167. The van der Waals surface area contributed by atoms with Gasteiger partial charge in [0, 0.05) is 32.8 Å². The normalized spacial score (nSPS) is 17.8. The zero-order valence-corrected chi connectivity index (χ0v) is 11.4. The molecular weight excluding hydrogens is 216 g/mol. The molecule has 0 bridgehead atoms. The van der Waals surface area contributed by atoms with E-state index < -0.39 is 0 Å². The molecule has 1 saturated heterocycles. The molecule has 0 atom stereocenters. The second-order valence-electron chi connectivity index (χ2n) is 4.45. The highest BCUT2D eigenvalue weighted by molar-refractivity contribution is 4.65. The molecule has 0 aromatic heterocycles. The predicted molar refractivity (Wildman–Crippen MR) is 70.2 cm³/mol. The summed E-state index contributed by atoms with van der Waals surface area (Å²) in [6.45, 7) is 10.9. The summed E-state index contributed by atoms with van der Waals surface area (Å²) in [6.07, 6.45) is 4.04. The van der Waals surface area contributed by atoms with Crippen molar-refractivity contribution in [1.82, 2.24) is 10.2 Å². The zero-order valence-electron chi connectivity index (χ0n) is 11.4. The Labute approximate surface area is 106 Å². The van der Waals surface area contributed by atoms with Crippen molar-refractivity contribution >= 4 is 0 Å². The quantitative estimate of drug-likeness (QED) is 0.492. The first-order valence-corrected chi connectivity index (χ1v) is 7.03. The number of rotatable bonds is 9. The van der Waals surface area contributed by atoms with Crippen molar-refractivity contribution < 1.29 is 9.47 Å². The third-order valence-corrected chi connectivity index (χ3v) is 3.07. The fourth-order valence-corrected chi connectivity index (χ4v) is 2.18. The molecule has 1 N–H and O–H groups in total. The summed E-state index contributed by atoms with van der Waals surface area (Å²) in [5.41, 5.74) is 0. The highest BCUT2D eigenvalue weighted by Crippen LogP contribution is 2.07. The van der Waals surface area contributed by atoms with E-state index >= 15 is 0 Å². The van der Waals surface area contributed by atoms with Gasteiger partial charge in [0.15, 0.2) is 6.29 Å². The van der Waals surface area contributed by atoms with Crippen molar-refractivity contribution in [2.45, 2.75) is 39.4 Å². The van der Waals surface area contributed by atoms with Crippen LogP contribution in [0.25, 0.3) is 0 Å². The second-order valence-corrected chi connectivity index (χ2v) is 4.45. The summed E-state index contributed by atoms with van der Waals surface area (Å²) in [6, 6.07) is 0. The maximum Gasteiger partial charge on any atom is 0.169 e. The van der Waals surface area contributed by atoms with E-state index in [-0.39, 0.29) is 6.29 Å². The van der Waals surface area contributed by atoms with Crippen LogP contribution in [-0.4, -0.2) is 57.1 Å². The Morgan fingerprint density at radius 1 is 1.06 bits per heavy atom. The van der Waals surface area contributed by atoms with Crippen molar-refractivity contribution in [3.63, 3.8) is 0 Å². The minimum Gasteiger partial charge on any atom is -0.352 e. The lowest BCUT2D eigenvalue weighted by Crippen LogP contribution is -2.39. The van der Waals surface area contributed by atoms with Crippen LogP contribution in [0.3, 0.4) is 0 Å². The standard InChI is InChI=1S/C13H28N2O2/c1-3-16-13(17-4-2)12-14-8-11-15-9-6-5-7-10-15/h13-14H,3-12H2,1-2H3. The molecule has 4 heteroatoms. The molecule has 0 aliphatic carbocycles. The Balaban J connectivity index is 2.00. The number of likely N-dealkylation sites (tertiary alicyclic amines) is 1. The van der Waals surface area contributed by atoms with Gasteiger partial charge in [0.2, 0.25) is 0 Å². The SMILES string of the molecule is CCOC(CNCCN1CCCCC1)OCC. The van der Waals surface area contributed by atoms with Crippen LogP contribution in [-0.2, 0) is 9.47 Å². The predicted octanol–water partition coefficient (Wildman–Crippen LogP) is 1.46. The Kier molecular flexibility index (Phi) is 8.61. The van der Waals surface area contributed by atoms with E-state index in [1.54, 1.807) is 0 Å². The molecule has 0 radical (unpaired) electrons. The molecule has 0 aromatic carbocycles. The molecule has 17 heavy (non-hydrogen) atoms. The van der Waals surface area contributed by atoms with E-state index in [4.69, 9.17) is 9.47 Å². The van der Waals surface area contributed by atoms with Crippen LogP contribution in [0.15, 0.2) is 0 Å². The van der Waals surface area contributed by atoms with Crippen LogP contribution in [0.2, 0.25) is 0 Å². The van der Waals surface area contributed by atoms with Crippen LogP contribution in [0.4, 0.5) is 0 Å². The summed E-state index contributed by atoms with van der Waals surface area (Å²) in [7, 11) is 0. The maximum atomic E-state index is 5.48. The van der Waals surface area contributed by atoms with E-state index in [0.717, 1.165) is 19.6 Å². The van der Waals surface area contributed by atoms with Crippen molar-refractivity contribution in [1.29, 1.82) is 0 Å². The first-order chi connectivity index (χ1) is 8.36. The summed E-state index contributed by atoms with van der Waals surface area (Å²) in [4.78, 5) is 2.53. The zero-order chi connectivity index (χ0) is 12.3. The lowest BCUT2D eigenvalue weighted by molar-refractivity contribution is -0.132. The largest absolute Gasteiger partial charge is 0.352 e. The van der Waals surface area contributed by atoms with E-state index in [2.05, 4.69) is 10.2 Å². The van der Waals surface area contributed by atoms with Gasteiger partial charge in [-0.2, -0.15) is 0 Å². The number of hydrogen-bond donors (Lipinski definition) is 1. The van der Waals surface area contributed by atoms with Gasteiger partial charge in [0.25, 0.3) is 0 Å². The van der Waals surface area contributed by atoms with E-state index in [1.165, 1.54) is 32.4 Å². The molecule has 4 nitrogen and oxygen atoms in total. The topological polar surface area (TPSA) is 33.7 Å². The summed E-state index contributed by atoms with van der Waals surface area (Å²) < 4.78 is 11.0. The maximum absolute atomic E-state index is 5.48. The molecule has 1 aliphatic rings. The molecule has 0 amide bonds. The molecule has 1 rings (SSSR count). The van der Waals surface area contributed by atoms with Gasteiger partial charge in [0.05, 0.1) is 0 Å². The third kappa shape index (κ3) is 6.99. The number of hydrogen-bond acceptors (Lipinski definition) is 4. The lowest BCUT2D eigenvalue weighted by atomic mass is 10.1. The van der Waals surface area contributed by atoms with Crippen LogP contribution >= 0.6 is 0 Å². The van der Waals surface area contributed by atoms with Crippen LogP contribution in [0, 0.1) is 0 Å². The van der Waals surface area contributed by atoms with E-state index in [9.17, 15) is 0 Å². The van der Waals surface area contributed by atoms with Gasteiger partial charge in [-0.1, -0.05) is 6.42 Å². The van der Waals surface area contributed by atoms with Crippen molar-refractivity contribution in [3.05, 3.63) is 0 Å². The van der Waals surface area contributed by atoms with Gasteiger partial charge < -0.3 is 19.7 Å². The Morgan fingerprint density at radius 2 is 1.71 bits per heavy atom. The van der Waals surface area contributed by atoms with Gasteiger partial charge in [-0.15, -0.1) is 0 Å². The van der Waals surface area contributed by atoms with Gasteiger partial charge in [-0.3, -0.25) is 0 Å². The first kappa shape index (κ1) is 14.9. The molecule has 0 saturated carbocycles. The highest BCUT2D eigenvalue weighted by Gasteiger charge is 2.10. The Hall–Kier alpha value is -0.160. The smallest absolute Gasteiger partial charge is 0.169 e. The average molecular weight is 244 g/mol. The molecule has 0 unspecified atom stereocenters. The second kappa shape index (κ2) is 9.83. The van der Waals surface area contributed by atoms with Gasteiger partial charge in [-0.05, 0) is 39.8 Å². The van der Waals surface area contributed by atoms with E-state index in [0.29, 0.717) is 13.2 Å². The average Bonchev–Trinajstić information content (AvgIpc) is 2.36.